The van der Waals surface area contributed by atoms with Crippen molar-refractivity contribution in [1.29, 1.82) is 0 Å². The smallest absolute Gasteiger partial charge is 0.308 e. The van der Waals surface area contributed by atoms with Gasteiger partial charge in [-0.25, -0.2) is 0 Å². The quantitative estimate of drug-likeness (QED) is 0.608. The van der Waals surface area contributed by atoms with Gasteiger partial charge in [0.25, 0.3) is 0 Å². The molecule has 0 aromatic heterocycles. The number of esters is 1. The molecule has 0 radical (unpaired) electrons. The largest absolute Gasteiger partial charge is 0.457 e. The van der Waals surface area contributed by atoms with Crippen molar-refractivity contribution in [1.82, 2.24) is 0 Å². The highest BCUT2D eigenvalue weighted by molar-refractivity contribution is 6.74. The number of carbonyl (C=O) groups is 1. The van der Waals surface area contributed by atoms with Crippen molar-refractivity contribution in [2.45, 2.75) is 57.5 Å². The standard InChI is InChI=1S/C11H22O4Si/c1-11(2,3)16(4,5)15-8-6-10(13)14-9(8)7-12/h8-9,12H,6-7H2,1-5H3/t8-,9-/m1/s1. The van der Waals surface area contributed by atoms with E-state index in [1.54, 1.807) is 0 Å². The summed E-state index contributed by atoms with van der Waals surface area (Å²) in [6, 6.07) is 0. The third kappa shape index (κ3) is 2.84. The van der Waals surface area contributed by atoms with Crippen molar-refractivity contribution in [3.63, 3.8) is 0 Å². The van der Waals surface area contributed by atoms with E-state index in [-0.39, 0.29) is 30.1 Å². The summed E-state index contributed by atoms with van der Waals surface area (Å²) in [7, 11) is -1.90. The number of hydrogen-bond acceptors (Lipinski definition) is 4. The fourth-order valence-corrected chi connectivity index (χ4v) is 2.76. The molecule has 1 N–H and O–H groups in total. The van der Waals surface area contributed by atoms with Crippen LogP contribution in [0.1, 0.15) is 27.2 Å². The second-order valence-electron chi connectivity index (χ2n) is 5.83. The van der Waals surface area contributed by atoms with Crippen LogP contribution in [0.5, 0.6) is 0 Å². The third-order valence-electron chi connectivity index (χ3n) is 3.50. The number of aliphatic hydroxyl groups excluding tert-OH is 1. The zero-order valence-corrected chi connectivity index (χ0v) is 11.7. The fourth-order valence-electron chi connectivity index (χ4n) is 1.42. The van der Waals surface area contributed by atoms with Crippen molar-refractivity contribution < 1.29 is 19.1 Å². The van der Waals surface area contributed by atoms with Gasteiger partial charge in [0.05, 0.1) is 19.1 Å². The summed E-state index contributed by atoms with van der Waals surface area (Å²) in [5.74, 6) is -0.275. The van der Waals surface area contributed by atoms with Gasteiger partial charge in [0.15, 0.2) is 14.4 Å². The van der Waals surface area contributed by atoms with E-state index in [1.165, 1.54) is 0 Å². The first-order valence-corrected chi connectivity index (χ1v) is 8.56. The molecule has 1 saturated heterocycles. The number of ether oxygens (including phenoxy) is 1. The van der Waals surface area contributed by atoms with Crippen molar-refractivity contribution in [3.8, 4) is 0 Å². The minimum atomic E-state index is -1.90. The molecule has 0 amide bonds. The molecule has 0 bridgehead atoms. The summed E-state index contributed by atoms with van der Waals surface area (Å²) < 4.78 is 11.1. The van der Waals surface area contributed by atoms with Gasteiger partial charge in [0, 0.05) is 0 Å². The average molecular weight is 246 g/mol. The third-order valence-corrected chi connectivity index (χ3v) is 8.00. The van der Waals surface area contributed by atoms with Crippen LogP contribution >= 0.6 is 0 Å². The van der Waals surface area contributed by atoms with Gasteiger partial charge in [-0.15, -0.1) is 0 Å². The first-order chi connectivity index (χ1) is 7.17. The summed E-state index contributed by atoms with van der Waals surface area (Å²) >= 11 is 0. The molecule has 0 aromatic carbocycles. The Morgan fingerprint density at radius 1 is 1.50 bits per heavy atom. The van der Waals surface area contributed by atoms with E-state index in [0.717, 1.165) is 0 Å². The van der Waals surface area contributed by atoms with E-state index in [9.17, 15) is 4.79 Å². The number of rotatable bonds is 3. The molecule has 1 rings (SSSR count). The molecule has 0 spiro atoms. The van der Waals surface area contributed by atoms with E-state index in [4.69, 9.17) is 14.3 Å². The van der Waals surface area contributed by atoms with Crippen molar-refractivity contribution in [2.75, 3.05) is 6.61 Å². The van der Waals surface area contributed by atoms with Gasteiger partial charge in [0.2, 0.25) is 0 Å². The highest BCUT2D eigenvalue weighted by Gasteiger charge is 2.44. The Hall–Kier alpha value is -0.393. The Morgan fingerprint density at radius 3 is 2.50 bits per heavy atom. The zero-order valence-electron chi connectivity index (χ0n) is 10.7. The summed E-state index contributed by atoms with van der Waals surface area (Å²) in [5, 5.41) is 9.21. The Labute approximate surface area is 98.1 Å². The Bertz CT molecular complexity index is 270. The molecule has 5 heteroatoms. The number of carbonyl (C=O) groups excluding carboxylic acids is 1. The van der Waals surface area contributed by atoms with Crippen LogP contribution in [-0.4, -0.2) is 38.2 Å². The predicted octanol–water partition coefficient (Wildman–Crippen LogP) is 1.68. The molecular formula is C11H22O4Si. The van der Waals surface area contributed by atoms with Crippen LogP contribution in [0, 0.1) is 0 Å². The van der Waals surface area contributed by atoms with Gasteiger partial charge in [0.1, 0.15) is 0 Å². The molecule has 0 unspecified atom stereocenters. The predicted molar refractivity (Wildman–Crippen MR) is 63.7 cm³/mol. The maximum atomic E-state index is 11.2. The monoisotopic (exact) mass is 246 g/mol. The summed E-state index contributed by atoms with van der Waals surface area (Å²) in [4.78, 5) is 11.2. The van der Waals surface area contributed by atoms with Gasteiger partial charge >= 0.3 is 5.97 Å². The van der Waals surface area contributed by atoms with Gasteiger partial charge in [-0.1, -0.05) is 20.8 Å². The van der Waals surface area contributed by atoms with Gasteiger partial charge in [-0.05, 0) is 18.1 Å². The van der Waals surface area contributed by atoms with E-state index < -0.39 is 14.4 Å². The van der Waals surface area contributed by atoms with Crippen molar-refractivity contribution >= 4 is 14.3 Å². The first kappa shape index (κ1) is 13.7. The number of cyclic esters (lactones) is 1. The molecule has 16 heavy (non-hydrogen) atoms. The number of aliphatic hydroxyl groups is 1. The van der Waals surface area contributed by atoms with Crippen molar-refractivity contribution in [2.24, 2.45) is 0 Å². The summed E-state index contributed by atoms with van der Waals surface area (Å²) in [6.07, 6.45) is -0.502. The zero-order chi connectivity index (χ0) is 12.6. The molecule has 0 aromatic rings. The molecule has 94 valence electrons. The van der Waals surface area contributed by atoms with Crippen LogP contribution in [-0.2, 0) is 14.0 Å². The number of hydrogen-bond donors (Lipinski definition) is 1. The SMILES string of the molecule is CC(C)(C)[Si](C)(C)O[C@@H]1CC(=O)O[C@@H]1CO. The maximum Gasteiger partial charge on any atom is 0.308 e. The molecule has 2 atom stereocenters. The normalized spacial score (nSPS) is 27.0. The molecule has 1 fully saturated rings. The second kappa shape index (κ2) is 4.47. The first-order valence-electron chi connectivity index (χ1n) is 5.65. The molecule has 0 saturated carbocycles. The van der Waals surface area contributed by atoms with Crippen LogP contribution in [0.25, 0.3) is 0 Å². The van der Waals surface area contributed by atoms with Crippen LogP contribution in [0.2, 0.25) is 18.1 Å². The minimum Gasteiger partial charge on any atom is -0.457 e. The lowest BCUT2D eigenvalue weighted by atomic mass is 10.2. The minimum absolute atomic E-state index is 0.0959. The summed E-state index contributed by atoms with van der Waals surface area (Å²) in [5.41, 5.74) is 0. The molecule has 1 aliphatic heterocycles. The van der Waals surface area contributed by atoms with Gasteiger partial charge < -0.3 is 14.3 Å². The highest BCUT2D eigenvalue weighted by Crippen LogP contribution is 2.38. The molecule has 0 aliphatic carbocycles. The van der Waals surface area contributed by atoms with E-state index in [0.29, 0.717) is 0 Å². The molecule has 1 aliphatic rings. The van der Waals surface area contributed by atoms with Gasteiger partial charge in [-0.3, -0.25) is 4.79 Å². The maximum absolute atomic E-state index is 11.2. The lowest BCUT2D eigenvalue weighted by Crippen LogP contribution is -2.46. The van der Waals surface area contributed by atoms with Gasteiger partial charge in [-0.2, -0.15) is 0 Å². The Morgan fingerprint density at radius 2 is 2.06 bits per heavy atom. The average Bonchev–Trinajstić information content (AvgIpc) is 2.43. The summed E-state index contributed by atoms with van der Waals surface area (Å²) in [6.45, 7) is 10.5. The van der Waals surface area contributed by atoms with E-state index in [1.807, 2.05) is 0 Å². The topological polar surface area (TPSA) is 55.8 Å². The molecule has 1 heterocycles. The lowest BCUT2D eigenvalue weighted by Gasteiger charge is -2.38. The molecular weight excluding hydrogens is 224 g/mol. The van der Waals surface area contributed by atoms with Crippen LogP contribution in [0.3, 0.4) is 0 Å². The van der Waals surface area contributed by atoms with E-state index >= 15 is 0 Å². The van der Waals surface area contributed by atoms with Crippen LogP contribution < -0.4 is 0 Å². The van der Waals surface area contributed by atoms with Crippen LogP contribution in [0.15, 0.2) is 0 Å². The molecule has 4 nitrogen and oxygen atoms in total. The van der Waals surface area contributed by atoms with Crippen LogP contribution in [0.4, 0.5) is 0 Å². The Balaban J connectivity index is 2.70. The Kier molecular flexibility index (Phi) is 3.82. The highest BCUT2D eigenvalue weighted by atomic mass is 28.4. The van der Waals surface area contributed by atoms with E-state index in [2.05, 4.69) is 33.9 Å². The van der Waals surface area contributed by atoms with Crippen molar-refractivity contribution in [3.05, 3.63) is 0 Å². The fraction of sp³-hybridized carbons (Fsp3) is 0.909. The second-order valence-corrected chi connectivity index (χ2v) is 10.6. The lowest BCUT2D eigenvalue weighted by molar-refractivity contribution is -0.143.